The zero-order chi connectivity index (χ0) is 18.9. The van der Waals surface area contributed by atoms with Crippen LogP contribution in [0.15, 0.2) is 30.7 Å². The van der Waals surface area contributed by atoms with E-state index in [0.717, 1.165) is 44.3 Å². The Balaban J connectivity index is 1.28. The fourth-order valence-corrected chi connectivity index (χ4v) is 4.23. The normalized spacial score (nSPS) is 19.1. The Hall–Kier alpha value is -2.57. The van der Waals surface area contributed by atoms with E-state index in [0.29, 0.717) is 24.6 Å². The van der Waals surface area contributed by atoms with Crippen molar-refractivity contribution in [1.82, 2.24) is 25.0 Å². The van der Waals surface area contributed by atoms with Crippen molar-refractivity contribution in [2.24, 2.45) is 5.92 Å². The third-order valence-electron chi connectivity index (χ3n) is 6.08. The zero-order valence-electron chi connectivity index (χ0n) is 15.8. The van der Waals surface area contributed by atoms with Gasteiger partial charge in [0, 0.05) is 50.2 Å². The van der Waals surface area contributed by atoms with Gasteiger partial charge in [-0.1, -0.05) is 0 Å². The lowest BCUT2D eigenvalue weighted by Crippen LogP contribution is -2.48. The van der Waals surface area contributed by atoms with Gasteiger partial charge >= 0.3 is 0 Å². The first-order valence-electron chi connectivity index (χ1n) is 9.79. The number of piperidine rings is 1. The molecule has 3 heterocycles. The largest absolute Gasteiger partial charge is 0.357 e. The second kappa shape index (κ2) is 7.21. The number of hydrogen-bond donors (Lipinski definition) is 2. The molecule has 0 bridgehead atoms. The van der Waals surface area contributed by atoms with E-state index in [9.17, 15) is 9.59 Å². The molecule has 0 spiro atoms. The van der Waals surface area contributed by atoms with Crippen molar-refractivity contribution in [3.63, 3.8) is 0 Å². The third-order valence-corrected chi connectivity index (χ3v) is 6.08. The first kappa shape index (κ1) is 17.8. The molecule has 0 radical (unpaired) electrons. The summed E-state index contributed by atoms with van der Waals surface area (Å²) in [6.45, 7) is 4.13. The molecular weight excluding hydrogens is 342 g/mol. The molecule has 1 aliphatic heterocycles. The molecule has 4 rings (SSSR count). The second-order valence-corrected chi connectivity index (χ2v) is 7.82. The number of carbonyl (C=O) groups excluding carboxylic acids is 2. The Kier molecular flexibility index (Phi) is 4.76. The molecule has 144 valence electrons. The molecule has 7 nitrogen and oxygen atoms in total. The quantitative estimate of drug-likeness (QED) is 0.818. The van der Waals surface area contributed by atoms with Crippen molar-refractivity contribution in [2.45, 2.75) is 51.1 Å². The monoisotopic (exact) mass is 369 g/mol. The van der Waals surface area contributed by atoms with Crippen molar-refractivity contribution in [3.05, 3.63) is 42.0 Å². The molecule has 2 aromatic heterocycles. The lowest BCUT2D eigenvalue weighted by atomic mass is 9.87. The first-order chi connectivity index (χ1) is 13.1. The maximum atomic E-state index is 12.6. The number of aromatic amines is 1. The number of carbonyl (C=O) groups is 2. The average molecular weight is 369 g/mol. The Morgan fingerprint density at radius 1 is 1.33 bits per heavy atom. The molecule has 2 aromatic rings. The van der Waals surface area contributed by atoms with Gasteiger partial charge in [-0.05, 0) is 56.2 Å². The Morgan fingerprint density at radius 2 is 2.11 bits per heavy atom. The highest BCUT2D eigenvalue weighted by Crippen LogP contribution is 2.46. The van der Waals surface area contributed by atoms with Gasteiger partial charge in [0.15, 0.2) is 0 Å². The minimum atomic E-state index is -0.0706. The van der Waals surface area contributed by atoms with Gasteiger partial charge in [-0.3, -0.25) is 14.3 Å². The smallest absolute Gasteiger partial charge is 0.268 e. The van der Waals surface area contributed by atoms with Gasteiger partial charge in [0.2, 0.25) is 5.91 Å². The molecule has 0 unspecified atom stereocenters. The first-order valence-corrected chi connectivity index (χ1v) is 9.79. The van der Waals surface area contributed by atoms with Gasteiger partial charge < -0.3 is 15.2 Å². The average Bonchev–Trinajstić information content (AvgIpc) is 3.07. The minimum absolute atomic E-state index is 0.00673. The Labute approximate surface area is 159 Å². The predicted molar refractivity (Wildman–Crippen MR) is 101 cm³/mol. The number of rotatable bonds is 6. The van der Waals surface area contributed by atoms with Gasteiger partial charge in [-0.2, -0.15) is 5.10 Å². The summed E-state index contributed by atoms with van der Waals surface area (Å²) in [5, 5.41) is 7.43. The summed E-state index contributed by atoms with van der Waals surface area (Å²) in [5.41, 5.74) is 1.56. The standard InChI is InChI=1S/C20H27N5O2/c1-15-3-10-21-18(15)19(27)23-20(7-8-20)16-4-12-24(13-5-16)17(26)6-14-25-11-2-9-22-25/h2-3,9-11,16,21H,4-8,12-14H2,1H3,(H,23,27). The van der Waals surface area contributed by atoms with Gasteiger partial charge in [-0.15, -0.1) is 0 Å². The fraction of sp³-hybridized carbons (Fsp3) is 0.550. The van der Waals surface area contributed by atoms with Crippen LogP contribution in [-0.4, -0.2) is 50.1 Å². The van der Waals surface area contributed by atoms with Gasteiger partial charge in [-0.25, -0.2) is 0 Å². The van der Waals surface area contributed by atoms with E-state index < -0.39 is 0 Å². The van der Waals surface area contributed by atoms with Crippen molar-refractivity contribution in [2.75, 3.05) is 13.1 Å². The van der Waals surface area contributed by atoms with Crippen molar-refractivity contribution >= 4 is 11.8 Å². The molecule has 7 heteroatoms. The van der Waals surface area contributed by atoms with E-state index in [4.69, 9.17) is 0 Å². The van der Waals surface area contributed by atoms with Gasteiger partial charge in [0.25, 0.3) is 5.91 Å². The molecule has 2 aliphatic rings. The number of aryl methyl sites for hydroxylation is 2. The Bertz CT molecular complexity index is 798. The van der Waals surface area contributed by atoms with E-state index in [1.807, 2.05) is 30.2 Å². The maximum absolute atomic E-state index is 12.6. The summed E-state index contributed by atoms with van der Waals surface area (Å²) in [5.74, 6) is 0.638. The number of nitrogens with one attached hydrogen (secondary N) is 2. The number of amides is 2. The van der Waals surface area contributed by atoms with Crippen LogP contribution in [0.5, 0.6) is 0 Å². The van der Waals surface area contributed by atoms with Crippen LogP contribution >= 0.6 is 0 Å². The van der Waals surface area contributed by atoms with Crippen molar-refractivity contribution in [1.29, 1.82) is 0 Å². The van der Waals surface area contributed by atoms with Gasteiger partial charge in [0.05, 0.1) is 0 Å². The van der Waals surface area contributed by atoms with Crippen molar-refractivity contribution in [3.8, 4) is 0 Å². The van der Waals surface area contributed by atoms with Crippen molar-refractivity contribution < 1.29 is 9.59 Å². The third kappa shape index (κ3) is 3.77. The van der Waals surface area contributed by atoms with Crippen LogP contribution in [0.1, 0.15) is 48.2 Å². The predicted octanol–water partition coefficient (Wildman–Crippen LogP) is 2.11. The minimum Gasteiger partial charge on any atom is -0.357 e. The zero-order valence-corrected chi connectivity index (χ0v) is 15.8. The number of hydrogen-bond acceptors (Lipinski definition) is 3. The molecule has 2 N–H and O–H groups in total. The highest BCUT2D eigenvalue weighted by molar-refractivity contribution is 5.94. The summed E-state index contributed by atoms with van der Waals surface area (Å²) in [4.78, 5) is 30.0. The summed E-state index contributed by atoms with van der Waals surface area (Å²) in [6.07, 6.45) is 9.89. The van der Waals surface area contributed by atoms with E-state index in [-0.39, 0.29) is 17.4 Å². The molecule has 0 aromatic carbocycles. The number of H-pyrrole nitrogens is 1. The molecule has 2 amide bonds. The number of likely N-dealkylation sites (tertiary alicyclic amines) is 1. The van der Waals surface area contributed by atoms with Crippen LogP contribution in [0.2, 0.25) is 0 Å². The number of nitrogens with zero attached hydrogens (tertiary/aromatic N) is 3. The van der Waals surface area contributed by atoms with E-state index in [1.54, 1.807) is 17.1 Å². The van der Waals surface area contributed by atoms with Gasteiger partial charge in [0.1, 0.15) is 5.69 Å². The molecule has 27 heavy (non-hydrogen) atoms. The van der Waals surface area contributed by atoms with E-state index in [1.165, 1.54) is 0 Å². The number of aromatic nitrogens is 3. The molecule has 0 atom stereocenters. The summed E-state index contributed by atoms with van der Waals surface area (Å²) in [7, 11) is 0. The molecule has 2 fully saturated rings. The molecular formula is C20H27N5O2. The topological polar surface area (TPSA) is 83.0 Å². The van der Waals surface area contributed by atoms with Crippen LogP contribution < -0.4 is 5.32 Å². The van der Waals surface area contributed by atoms with Crippen LogP contribution in [0.4, 0.5) is 0 Å². The molecule has 1 aliphatic carbocycles. The highest BCUT2D eigenvalue weighted by atomic mass is 16.2. The lowest BCUT2D eigenvalue weighted by molar-refractivity contribution is -0.133. The maximum Gasteiger partial charge on any atom is 0.268 e. The fourth-order valence-electron chi connectivity index (χ4n) is 4.23. The summed E-state index contributed by atoms with van der Waals surface area (Å²) >= 11 is 0. The van der Waals surface area contributed by atoms with E-state index in [2.05, 4.69) is 15.4 Å². The Morgan fingerprint density at radius 3 is 2.70 bits per heavy atom. The molecule has 1 saturated heterocycles. The van der Waals surface area contributed by atoms with Crippen LogP contribution in [0.3, 0.4) is 0 Å². The van der Waals surface area contributed by atoms with Crippen LogP contribution in [0.25, 0.3) is 0 Å². The second-order valence-electron chi connectivity index (χ2n) is 7.82. The van der Waals surface area contributed by atoms with E-state index >= 15 is 0 Å². The van der Waals surface area contributed by atoms with Crippen LogP contribution in [-0.2, 0) is 11.3 Å². The molecule has 1 saturated carbocycles. The summed E-state index contributed by atoms with van der Waals surface area (Å²) in [6, 6.07) is 3.79. The van der Waals surface area contributed by atoms with Crippen LogP contribution in [0, 0.1) is 12.8 Å². The highest BCUT2D eigenvalue weighted by Gasteiger charge is 2.51. The SMILES string of the molecule is Cc1cc[nH]c1C(=O)NC1(C2CCN(C(=O)CCn3cccn3)CC2)CC1. The lowest BCUT2D eigenvalue weighted by Gasteiger charge is -2.37. The summed E-state index contributed by atoms with van der Waals surface area (Å²) < 4.78 is 1.79.